The van der Waals surface area contributed by atoms with E-state index in [0.29, 0.717) is 12.5 Å². The van der Waals surface area contributed by atoms with Crippen LogP contribution in [0, 0.1) is 13.8 Å². The van der Waals surface area contributed by atoms with Crippen LogP contribution in [0.2, 0.25) is 0 Å². The molecular formula is C16H23N3. The second-order valence-electron chi connectivity index (χ2n) is 5.44. The normalized spacial score (nSPS) is 11.3. The van der Waals surface area contributed by atoms with Gasteiger partial charge in [-0.25, -0.2) is 0 Å². The lowest BCUT2D eigenvalue weighted by molar-refractivity contribution is 0.866. The van der Waals surface area contributed by atoms with Crippen LogP contribution in [0.4, 0.5) is 0 Å². The van der Waals surface area contributed by atoms with E-state index in [1.54, 1.807) is 0 Å². The average molecular weight is 257 g/mol. The third-order valence-corrected chi connectivity index (χ3v) is 3.65. The first-order chi connectivity index (χ1) is 9.04. The minimum absolute atomic E-state index is 0.525. The predicted molar refractivity (Wildman–Crippen MR) is 80.3 cm³/mol. The Morgan fingerprint density at radius 3 is 2.63 bits per heavy atom. The van der Waals surface area contributed by atoms with Crippen molar-refractivity contribution in [2.75, 3.05) is 6.54 Å². The van der Waals surface area contributed by atoms with Gasteiger partial charge in [0, 0.05) is 16.8 Å². The van der Waals surface area contributed by atoms with Gasteiger partial charge in [-0.3, -0.25) is 5.10 Å². The second-order valence-corrected chi connectivity index (χ2v) is 5.44. The quantitative estimate of drug-likeness (QED) is 0.882. The molecule has 0 saturated carbocycles. The van der Waals surface area contributed by atoms with Gasteiger partial charge in [-0.2, -0.15) is 5.10 Å². The van der Waals surface area contributed by atoms with Crippen molar-refractivity contribution in [2.24, 2.45) is 5.73 Å². The number of aryl methyl sites for hydroxylation is 2. The molecule has 0 fully saturated rings. The molecule has 0 aliphatic rings. The van der Waals surface area contributed by atoms with Gasteiger partial charge < -0.3 is 5.73 Å². The van der Waals surface area contributed by atoms with Crippen LogP contribution in [0.1, 0.15) is 42.1 Å². The van der Waals surface area contributed by atoms with Gasteiger partial charge >= 0.3 is 0 Å². The Bertz CT molecular complexity index is 567. The first kappa shape index (κ1) is 13.8. The van der Waals surface area contributed by atoms with Crippen LogP contribution >= 0.6 is 0 Å². The van der Waals surface area contributed by atoms with E-state index in [2.05, 4.69) is 56.1 Å². The van der Waals surface area contributed by atoms with Crippen molar-refractivity contribution in [1.29, 1.82) is 0 Å². The van der Waals surface area contributed by atoms with Crippen molar-refractivity contribution >= 4 is 0 Å². The SMILES string of the molecule is Cc1ccc(C(C)C)cc1-c1n[nH]c(C)c1CCN. The van der Waals surface area contributed by atoms with Gasteiger partial charge in [0.25, 0.3) is 0 Å². The molecule has 0 bridgehead atoms. The van der Waals surface area contributed by atoms with E-state index in [1.165, 1.54) is 22.3 Å². The fraction of sp³-hybridized carbons (Fsp3) is 0.438. The Morgan fingerprint density at radius 1 is 1.26 bits per heavy atom. The van der Waals surface area contributed by atoms with Crippen molar-refractivity contribution in [3.63, 3.8) is 0 Å². The summed E-state index contributed by atoms with van der Waals surface area (Å²) >= 11 is 0. The van der Waals surface area contributed by atoms with Gasteiger partial charge in [-0.15, -0.1) is 0 Å². The molecule has 0 aliphatic carbocycles. The van der Waals surface area contributed by atoms with Crippen LogP contribution in [-0.4, -0.2) is 16.7 Å². The first-order valence-corrected chi connectivity index (χ1v) is 6.89. The van der Waals surface area contributed by atoms with Crippen LogP contribution in [-0.2, 0) is 6.42 Å². The zero-order valence-electron chi connectivity index (χ0n) is 12.2. The number of benzene rings is 1. The lowest BCUT2D eigenvalue weighted by Gasteiger charge is -2.11. The molecule has 102 valence electrons. The van der Waals surface area contributed by atoms with Crippen molar-refractivity contribution in [3.05, 3.63) is 40.6 Å². The number of nitrogens with one attached hydrogen (secondary N) is 1. The Morgan fingerprint density at radius 2 is 2.00 bits per heavy atom. The molecule has 1 aromatic carbocycles. The highest BCUT2D eigenvalue weighted by atomic mass is 15.1. The number of aromatic nitrogens is 2. The average Bonchev–Trinajstić information content (AvgIpc) is 2.72. The number of rotatable bonds is 4. The summed E-state index contributed by atoms with van der Waals surface area (Å²) in [4.78, 5) is 0. The minimum atomic E-state index is 0.525. The maximum absolute atomic E-state index is 5.71. The van der Waals surface area contributed by atoms with Crippen molar-refractivity contribution in [1.82, 2.24) is 10.2 Å². The summed E-state index contributed by atoms with van der Waals surface area (Å²) in [5.41, 5.74) is 13.0. The highest BCUT2D eigenvalue weighted by molar-refractivity contribution is 5.68. The fourth-order valence-electron chi connectivity index (χ4n) is 2.38. The Balaban J connectivity index is 2.55. The molecule has 0 aliphatic heterocycles. The topological polar surface area (TPSA) is 54.7 Å². The van der Waals surface area contributed by atoms with Crippen molar-refractivity contribution in [2.45, 2.75) is 40.0 Å². The summed E-state index contributed by atoms with van der Waals surface area (Å²) in [6.45, 7) is 9.27. The van der Waals surface area contributed by atoms with Crippen molar-refractivity contribution in [3.8, 4) is 11.3 Å². The Labute approximate surface area is 115 Å². The highest BCUT2D eigenvalue weighted by Gasteiger charge is 2.14. The molecule has 3 N–H and O–H groups in total. The zero-order valence-corrected chi connectivity index (χ0v) is 12.2. The third kappa shape index (κ3) is 2.71. The Hall–Kier alpha value is -1.61. The van der Waals surface area contributed by atoms with Gasteiger partial charge in [0.15, 0.2) is 0 Å². The molecule has 0 spiro atoms. The first-order valence-electron chi connectivity index (χ1n) is 6.89. The molecule has 19 heavy (non-hydrogen) atoms. The lowest BCUT2D eigenvalue weighted by atomic mass is 9.94. The fourth-order valence-corrected chi connectivity index (χ4v) is 2.38. The van der Waals surface area contributed by atoms with E-state index < -0.39 is 0 Å². The summed E-state index contributed by atoms with van der Waals surface area (Å²) in [7, 11) is 0. The van der Waals surface area contributed by atoms with Crippen LogP contribution in [0.3, 0.4) is 0 Å². The number of H-pyrrole nitrogens is 1. The number of nitrogens with zero attached hydrogens (tertiary/aromatic N) is 1. The standard InChI is InChI=1S/C16H23N3/c1-10(2)13-6-5-11(3)15(9-13)16-14(7-8-17)12(4)18-19-16/h5-6,9-10H,7-8,17H2,1-4H3,(H,18,19). The van der Waals surface area contributed by atoms with E-state index in [1.807, 2.05) is 0 Å². The molecule has 2 aromatic rings. The maximum atomic E-state index is 5.71. The number of aromatic amines is 1. The molecule has 2 rings (SSSR count). The molecule has 3 heteroatoms. The summed E-state index contributed by atoms with van der Waals surface area (Å²) in [5, 5.41) is 7.58. The molecule has 1 aromatic heterocycles. The monoisotopic (exact) mass is 257 g/mol. The molecule has 0 amide bonds. The summed E-state index contributed by atoms with van der Waals surface area (Å²) in [6, 6.07) is 6.64. The zero-order chi connectivity index (χ0) is 14.0. The van der Waals surface area contributed by atoms with Crippen LogP contribution in [0.5, 0.6) is 0 Å². The molecule has 0 radical (unpaired) electrons. The number of hydrogen-bond donors (Lipinski definition) is 2. The number of hydrogen-bond acceptors (Lipinski definition) is 2. The van der Waals surface area contributed by atoms with Crippen LogP contribution in [0.25, 0.3) is 11.3 Å². The van der Waals surface area contributed by atoms with Gasteiger partial charge in [0.2, 0.25) is 0 Å². The van der Waals surface area contributed by atoms with Gasteiger partial charge in [0.1, 0.15) is 0 Å². The van der Waals surface area contributed by atoms with Crippen LogP contribution < -0.4 is 5.73 Å². The number of nitrogens with two attached hydrogens (primary N) is 1. The third-order valence-electron chi connectivity index (χ3n) is 3.65. The Kier molecular flexibility index (Phi) is 4.05. The van der Waals surface area contributed by atoms with Crippen LogP contribution in [0.15, 0.2) is 18.2 Å². The van der Waals surface area contributed by atoms with E-state index >= 15 is 0 Å². The minimum Gasteiger partial charge on any atom is -0.330 e. The molecular weight excluding hydrogens is 234 g/mol. The molecule has 0 unspecified atom stereocenters. The molecule has 0 atom stereocenters. The molecule has 3 nitrogen and oxygen atoms in total. The van der Waals surface area contributed by atoms with E-state index in [-0.39, 0.29) is 0 Å². The van der Waals surface area contributed by atoms with E-state index in [4.69, 9.17) is 5.73 Å². The lowest BCUT2D eigenvalue weighted by Crippen LogP contribution is -2.04. The molecule has 0 saturated heterocycles. The smallest absolute Gasteiger partial charge is 0.0958 e. The summed E-state index contributed by atoms with van der Waals surface area (Å²) in [6.07, 6.45) is 0.864. The summed E-state index contributed by atoms with van der Waals surface area (Å²) in [5.74, 6) is 0.525. The van der Waals surface area contributed by atoms with Gasteiger partial charge in [-0.05, 0) is 49.9 Å². The van der Waals surface area contributed by atoms with Gasteiger partial charge in [-0.1, -0.05) is 26.0 Å². The maximum Gasteiger partial charge on any atom is 0.0958 e. The van der Waals surface area contributed by atoms with Gasteiger partial charge in [0.05, 0.1) is 5.69 Å². The van der Waals surface area contributed by atoms with Crippen molar-refractivity contribution < 1.29 is 0 Å². The second kappa shape index (κ2) is 5.57. The predicted octanol–water partition coefficient (Wildman–Crippen LogP) is 3.32. The van der Waals surface area contributed by atoms with E-state index in [0.717, 1.165) is 17.8 Å². The van der Waals surface area contributed by atoms with E-state index in [9.17, 15) is 0 Å². The summed E-state index contributed by atoms with van der Waals surface area (Å²) < 4.78 is 0. The largest absolute Gasteiger partial charge is 0.330 e. The molecule has 1 heterocycles. The highest BCUT2D eigenvalue weighted by Crippen LogP contribution is 2.29.